The molecule has 3 rings (SSSR count). The van der Waals surface area contributed by atoms with E-state index < -0.39 is 9.84 Å². The third-order valence-corrected chi connectivity index (χ3v) is 6.02. The maximum absolute atomic E-state index is 12.0. The van der Waals surface area contributed by atoms with Gasteiger partial charge in [-0.2, -0.15) is 0 Å². The molecular weight excluding hydrogens is 365 g/mol. The van der Waals surface area contributed by atoms with Crippen LogP contribution in [0.5, 0.6) is 0 Å². The van der Waals surface area contributed by atoms with Gasteiger partial charge in [0.2, 0.25) is 5.91 Å². The molecule has 0 unspecified atom stereocenters. The maximum atomic E-state index is 12.0. The van der Waals surface area contributed by atoms with Crippen LogP contribution in [0.2, 0.25) is 0 Å². The highest BCUT2D eigenvalue weighted by Gasteiger charge is 2.49. The monoisotopic (exact) mass is 377 g/mol. The van der Waals surface area contributed by atoms with Crippen molar-refractivity contribution in [1.29, 1.82) is 0 Å². The molecule has 2 heterocycles. The maximum Gasteiger partial charge on any atom is 0.227 e. The normalized spacial score (nSPS) is 29.6. The molecule has 1 aromatic carbocycles. The van der Waals surface area contributed by atoms with Crippen LogP contribution in [0.3, 0.4) is 0 Å². The van der Waals surface area contributed by atoms with Crippen LogP contribution in [-0.4, -0.2) is 31.9 Å². The fraction of sp³-hybridized carbons (Fsp3) is 0.417. The zero-order valence-corrected chi connectivity index (χ0v) is 12.5. The van der Waals surface area contributed by atoms with Crippen molar-refractivity contribution in [2.75, 3.05) is 16.4 Å². The first kappa shape index (κ1) is 12.4. The summed E-state index contributed by atoms with van der Waals surface area (Å²) in [5, 5.41) is 0. The van der Waals surface area contributed by atoms with Crippen LogP contribution in [0.15, 0.2) is 24.3 Å². The number of anilines is 1. The molecular formula is C12H12INO3S. The summed E-state index contributed by atoms with van der Waals surface area (Å²) in [5.74, 6) is 0.279. The summed E-state index contributed by atoms with van der Waals surface area (Å²) in [5.41, 5.74) is 0.816. The van der Waals surface area contributed by atoms with Crippen molar-refractivity contribution in [2.45, 2.75) is 12.5 Å². The molecule has 0 radical (unpaired) electrons. The molecule has 2 aliphatic rings. The standard InChI is InChI=1S/C12H12INO3S/c13-9-2-1-3-10(5-9)14-11-7-18(16,17)6-8(11)4-12(14)15/h1-3,5,8,11H,4,6-7H2/t8-,11-/m1/s1. The van der Waals surface area contributed by atoms with E-state index in [2.05, 4.69) is 22.6 Å². The van der Waals surface area contributed by atoms with E-state index in [4.69, 9.17) is 0 Å². The van der Waals surface area contributed by atoms with Gasteiger partial charge in [-0.25, -0.2) is 8.42 Å². The number of nitrogens with zero attached hydrogens (tertiary/aromatic N) is 1. The van der Waals surface area contributed by atoms with Gasteiger partial charge in [-0.3, -0.25) is 4.79 Å². The molecule has 0 N–H and O–H groups in total. The molecule has 2 saturated heterocycles. The van der Waals surface area contributed by atoms with Crippen LogP contribution in [0.25, 0.3) is 0 Å². The Kier molecular flexibility index (Phi) is 2.89. The predicted octanol–water partition coefficient (Wildman–Crippen LogP) is 1.44. The quantitative estimate of drug-likeness (QED) is 0.697. The van der Waals surface area contributed by atoms with E-state index in [1.807, 2.05) is 24.3 Å². The number of rotatable bonds is 1. The average Bonchev–Trinajstić information content (AvgIpc) is 2.68. The molecule has 6 heteroatoms. The molecule has 2 aliphatic heterocycles. The van der Waals surface area contributed by atoms with Gasteiger partial charge in [0.25, 0.3) is 0 Å². The van der Waals surface area contributed by atoms with E-state index in [1.165, 1.54) is 0 Å². The van der Waals surface area contributed by atoms with E-state index in [0.717, 1.165) is 9.26 Å². The third-order valence-electron chi connectivity index (χ3n) is 3.56. The molecule has 2 atom stereocenters. The first-order chi connectivity index (χ1) is 8.46. The minimum atomic E-state index is -2.98. The molecule has 0 aromatic heterocycles. The Bertz CT molecular complexity index is 614. The molecule has 4 nitrogen and oxygen atoms in total. The average molecular weight is 377 g/mol. The summed E-state index contributed by atoms with van der Waals surface area (Å²) in [6, 6.07) is 7.47. The second kappa shape index (κ2) is 4.19. The van der Waals surface area contributed by atoms with Gasteiger partial charge in [-0.15, -0.1) is 0 Å². The molecule has 1 aromatic rings. The molecule has 0 spiro atoms. The van der Waals surface area contributed by atoms with Crippen LogP contribution in [0, 0.1) is 9.49 Å². The largest absolute Gasteiger partial charge is 0.308 e. The summed E-state index contributed by atoms with van der Waals surface area (Å²) in [6.07, 6.45) is 0.357. The zero-order chi connectivity index (χ0) is 12.9. The van der Waals surface area contributed by atoms with Gasteiger partial charge in [0.15, 0.2) is 9.84 Å². The highest BCUT2D eigenvalue weighted by Crippen LogP contribution is 2.37. The molecule has 18 heavy (non-hydrogen) atoms. The van der Waals surface area contributed by atoms with Crippen LogP contribution < -0.4 is 4.90 Å². The first-order valence-corrected chi connectivity index (χ1v) is 8.64. The van der Waals surface area contributed by atoms with Gasteiger partial charge >= 0.3 is 0 Å². The van der Waals surface area contributed by atoms with Gasteiger partial charge in [0.1, 0.15) is 0 Å². The lowest BCUT2D eigenvalue weighted by atomic mass is 10.1. The number of sulfone groups is 1. The van der Waals surface area contributed by atoms with Crippen molar-refractivity contribution in [3.8, 4) is 0 Å². The Morgan fingerprint density at radius 3 is 2.78 bits per heavy atom. The third kappa shape index (κ3) is 2.05. The summed E-state index contributed by atoms with van der Waals surface area (Å²) < 4.78 is 24.4. The topological polar surface area (TPSA) is 54.5 Å². The van der Waals surface area contributed by atoms with Gasteiger partial charge in [0.05, 0.1) is 17.5 Å². The van der Waals surface area contributed by atoms with Crippen molar-refractivity contribution in [3.63, 3.8) is 0 Å². The number of hydrogen-bond acceptors (Lipinski definition) is 3. The molecule has 0 saturated carbocycles. The Hall–Kier alpha value is -0.630. The number of benzene rings is 1. The van der Waals surface area contributed by atoms with Crippen molar-refractivity contribution in [2.24, 2.45) is 5.92 Å². The molecule has 2 fully saturated rings. The Morgan fingerprint density at radius 1 is 1.28 bits per heavy atom. The van der Waals surface area contributed by atoms with Crippen molar-refractivity contribution >= 4 is 44.0 Å². The Balaban J connectivity index is 1.99. The minimum absolute atomic E-state index is 0.0274. The molecule has 0 aliphatic carbocycles. The van der Waals surface area contributed by atoms with Crippen molar-refractivity contribution < 1.29 is 13.2 Å². The Morgan fingerprint density at radius 2 is 2.06 bits per heavy atom. The summed E-state index contributed by atoms with van der Waals surface area (Å²) in [7, 11) is -2.98. The molecule has 96 valence electrons. The van der Waals surface area contributed by atoms with Gasteiger partial charge in [0, 0.05) is 21.6 Å². The first-order valence-electron chi connectivity index (χ1n) is 5.74. The Labute approximate surface area is 119 Å². The molecule has 1 amide bonds. The van der Waals surface area contributed by atoms with Crippen molar-refractivity contribution in [1.82, 2.24) is 0 Å². The van der Waals surface area contributed by atoms with E-state index in [-0.39, 0.29) is 29.4 Å². The number of carbonyl (C=O) groups is 1. The number of hydrogen-bond donors (Lipinski definition) is 0. The minimum Gasteiger partial charge on any atom is -0.308 e. The SMILES string of the molecule is O=C1C[C@@H]2CS(=O)(=O)C[C@H]2N1c1cccc(I)c1. The van der Waals surface area contributed by atoms with Gasteiger partial charge in [-0.05, 0) is 40.8 Å². The van der Waals surface area contributed by atoms with Crippen LogP contribution in [-0.2, 0) is 14.6 Å². The highest BCUT2D eigenvalue weighted by atomic mass is 127. The van der Waals surface area contributed by atoms with Crippen LogP contribution in [0.4, 0.5) is 5.69 Å². The van der Waals surface area contributed by atoms with E-state index in [9.17, 15) is 13.2 Å². The second-order valence-electron chi connectivity index (χ2n) is 4.85. The summed E-state index contributed by atoms with van der Waals surface area (Å²) >= 11 is 2.19. The fourth-order valence-electron chi connectivity index (χ4n) is 2.85. The van der Waals surface area contributed by atoms with E-state index >= 15 is 0 Å². The zero-order valence-electron chi connectivity index (χ0n) is 9.54. The number of halogens is 1. The van der Waals surface area contributed by atoms with Gasteiger partial charge in [-0.1, -0.05) is 6.07 Å². The van der Waals surface area contributed by atoms with Crippen molar-refractivity contribution in [3.05, 3.63) is 27.8 Å². The fourth-order valence-corrected chi connectivity index (χ4v) is 5.45. The van der Waals surface area contributed by atoms with E-state index in [1.54, 1.807) is 4.90 Å². The molecule has 0 bridgehead atoms. The van der Waals surface area contributed by atoms with E-state index in [0.29, 0.717) is 6.42 Å². The second-order valence-corrected chi connectivity index (χ2v) is 8.25. The lowest BCUT2D eigenvalue weighted by Gasteiger charge is -2.23. The predicted molar refractivity (Wildman–Crippen MR) is 77.2 cm³/mol. The summed E-state index contributed by atoms with van der Waals surface area (Å²) in [4.78, 5) is 13.7. The van der Waals surface area contributed by atoms with Gasteiger partial charge < -0.3 is 4.90 Å². The smallest absolute Gasteiger partial charge is 0.227 e. The lowest BCUT2D eigenvalue weighted by Crippen LogP contribution is -2.36. The van der Waals surface area contributed by atoms with Crippen LogP contribution in [0.1, 0.15) is 6.42 Å². The number of amides is 1. The highest BCUT2D eigenvalue weighted by molar-refractivity contribution is 14.1. The number of carbonyl (C=O) groups excluding carboxylic acids is 1. The lowest BCUT2D eigenvalue weighted by molar-refractivity contribution is -0.117. The number of fused-ring (bicyclic) bond motifs is 1. The van der Waals surface area contributed by atoms with Crippen LogP contribution >= 0.6 is 22.6 Å². The summed E-state index contributed by atoms with van der Waals surface area (Å²) in [6.45, 7) is 0.